The maximum Gasteiger partial charge on any atom is 0.0794 e. The second kappa shape index (κ2) is 8.24. The Balaban J connectivity index is 1.42. The summed E-state index contributed by atoms with van der Waals surface area (Å²) >= 11 is 1.90. The van der Waals surface area contributed by atoms with Gasteiger partial charge in [0, 0.05) is 42.1 Å². The molecule has 6 aromatic carbocycles. The SMILES string of the molecule is Cc1cccc2c1sc1c(-c3ccccc3-c3ccc4c5ccccc5c5ccccc5c4n3)cccc12. The van der Waals surface area contributed by atoms with E-state index in [0.717, 1.165) is 16.8 Å². The molecule has 1 nitrogen and oxygen atoms in total. The van der Waals surface area contributed by atoms with Gasteiger partial charge in [0.2, 0.25) is 0 Å². The lowest BCUT2D eigenvalue weighted by Crippen LogP contribution is -1.91. The molecule has 0 spiro atoms. The van der Waals surface area contributed by atoms with Crippen LogP contribution < -0.4 is 0 Å². The van der Waals surface area contributed by atoms with E-state index in [0.29, 0.717) is 0 Å². The average molecular weight is 502 g/mol. The van der Waals surface area contributed by atoms with Gasteiger partial charge in [0.25, 0.3) is 0 Å². The molecule has 8 aromatic rings. The number of benzene rings is 6. The number of fused-ring (bicyclic) bond motifs is 9. The molecule has 8 rings (SSSR count). The molecule has 2 aromatic heterocycles. The van der Waals surface area contributed by atoms with Gasteiger partial charge in [0.15, 0.2) is 0 Å². The van der Waals surface area contributed by atoms with Crippen molar-refractivity contribution in [3.05, 3.63) is 127 Å². The number of nitrogens with zero attached hydrogens (tertiary/aromatic N) is 1. The number of thiophene rings is 1. The maximum atomic E-state index is 5.35. The first-order chi connectivity index (χ1) is 18.8. The first-order valence-corrected chi connectivity index (χ1v) is 13.8. The van der Waals surface area contributed by atoms with E-state index in [4.69, 9.17) is 4.98 Å². The lowest BCUT2D eigenvalue weighted by molar-refractivity contribution is 1.41. The van der Waals surface area contributed by atoms with Gasteiger partial charge in [-0.15, -0.1) is 11.3 Å². The third-order valence-corrected chi connectivity index (χ3v) is 9.19. The zero-order valence-corrected chi connectivity index (χ0v) is 21.7. The van der Waals surface area contributed by atoms with Gasteiger partial charge in [0.05, 0.1) is 11.2 Å². The van der Waals surface area contributed by atoms with Gasteiger partial charge in [-0.05, 0) is 46.3 Å². The minimum absolute atomic E-state index is 1.00. The third-order valence-electron chi connectivity index (χ3n) is 7.80. The van der Waals surface area contributed by atoms with Crippen LogP contribution >= 0.6 is 11.3 Å². The highest BCUT2D eigenvalue weighted by Crippen LogP contribution is 2.44. The van der Waals surface area contributed by atoms with E-state index in [2.05, 4.69) is 128 Å². The molecule has 0 saturated heterocycles. The van der Waals surface area contributed by atoms with E-state index in [1.807, 2.05) is 11.3 Å². The number of pyridine rings is 1. The van der Waals surface area contributed by atoms with E-state index in [9.17, 15) is 0 Å². The van der Waals surface area contributed by atoms with Crippen molar-refractivity contribution in [3.8, 4) is 22.4 Å². The van der Waals surface area contributed by atoms with E-state index in [-0.39, 0.29) is 0 Å². The molecule has 0 unspecified atom stereocenters. The fourth-order valence-electron chi connectivity index (χ4n) is 6.02. The lowest BCUT2D eigenvalue weighted by atomic mass is 9.94. The van der Waals surface area contributed by atoms with Gasteiger partial charge in [-0.2, -0.15) is 0 Å². The van der Waals surface area contributed by atoms with Crippen molar-refractivity contribution in [3.63, 3.8) is 0 Å². The Morgan fingerprint density at radius 1 is 0.421 bits per heavy atom. The highest BCUT2D eigenvalue weighted by atomic mass is 32.1. The minimum atomic E-state index is 1.00. The maximum absolute atomic E-state index is 5.35. The molecule has 38 heavy (non-hydrogen) atoms. The molecule has 0 radical (unpaired) electrons. The van der Waals surface area contributed by atoms with Crippen LogP contribution in [0.1, 0.15) is 5.56 Å². The predicted molar refractivity (Wildman–Crippen MR) is 165 cm³/mol. The van der Waals surface area contributed by atoms with Crippen molar-refractivity contribution in [2.45, 2.75) is 6.92 Å². The highest BCUT2D eigenvalue weighted by molar-refractivity contribution is 7.26. The van der Waals surface area contributed by atoms with E-state index in [1.165, 1.54) is 63.8 Å². The quantitative estimate of drug-likeness (QED) is 0.215. The molecule has 0 amide bonds. The molecule has 0 N–H and O–H groups in total. The largest absolute Gasteiger partial charge is 0.247 e. The van der Waals surface area contributed by atoms with Crippen molar-refractivity contribution in [2.75, 3.05) is 0 Å². The standard InChI is InChI=1S/C36H23NS/c1-22-10-8-17-31-32-19-9-18-30(36(32)38-35(22)31)26-14-4-6-15-27(26)33-21-20-29-25-13-3-2-11-23(25)24-12-5-7-16-28(24)34(29)37-33/h2-21H,1H3. The molecule has 0 bridgehead atoms. The Kier molecular flexibility index (Phi) is 4.67. The fourth-order valence-corrected chi connectivity index (χ4v) is 7.32. The number of rotatable bonds is 2. The van der Waals surface area contributed by atoms with Crippen LogP contribution in [-0.4, -0.2) is 4.98 Å². The molecule has 178 valence electrons. The summed E-state index contributed by atoms with van der Waals surface area (Å²) in [5.74, 6) is 0. The molecule has 0 aliphatic carbocycles. The Labute approximate surface area is 224 Å². The Hall–Kier alpha value is -4.53. The number of aromatic nitrogens is 1. The van der Waals surface area contributed by atoms with E-state index >= 15 is 0 Å². The van der Waals surface area contributed by atoms with Crippen molar-refractivity contribution >= 4 is 64.0 Å². The van der Waals surface area contributed by atoms with Crippen LogP contribution in [0.4, 0.5) is 0 Å². The number of aryl methyl sites for hydroxylation is 1. The molecule has 0 atom stereocenters. The Morgan fingerprint density at radius 2 is 0.947 bits per heavy atom. The van der Waals surface area contributed by atoms with Gasteiger partial charge >= 0.3 is 0 Å². The van der Waals surface area contributed by atoms with Gasteiger partial charge < -0.3 is 0 Å². The third kappa shape index (κ3) is 3.08. The van der Waals surface area contributed by atoms with Gasteiger partial charge in [0.1, 0.15) is 0 Å². The van der Waals surface area contributed by atoms with Crippen LogP contribution in [0.15, 0.2) is 121 Å². The van der Waals surface area contributed by atoms with Crippen molar-refractivity contribution in [2.24, 2.45) is 0 Å². The first-order valence-electron chi connectivity index (χ1n) is 13.0. The topological polar surface area (TPSA) is 12.9 Å². The van der Waals surface area contributed by atoms with Gasteiger partial charge in [-0.3, -0.25) is 0 Å². The first kappa shape index (κ1) is 21.5. The van der Waals surface area contributed by atoms with Crippen molar-refractivity contribution < 1.29 is 0 Å². The zero-order valence-electron chi connectivity index (χ0n) is 20.9. The summed E-state index contributed by atoms with van der Waals surface area (Å²) < 4.78 is 2.70. The van der Waals surface area contributed by atoms with E-state index in [1.54, 1.807) is 0 Å². The van der Waals surface area contributed by atoms with E-state index < -0.39 is 0 Å². The van der Waals surface area contributed by atoms with Gasteiger partial charge in [-0.1, -0.05) is 109 Å². The molecule has 0 aliphatic rings. The minimum Gasteiger partial charge on any atom is -0.247 e. The highest BCUT2D eigenvalue weighted by Gasteiger charge is 2.16. The van der Waals surface area contributed by atoms with Crippen LogP contribution in [0.5, 0.6) is 0 Å². The zero-order chi connectivity index (χ0) is 25.2. The Bertz CT molecular complexity index is 2170. The normalized spacial score (nSPS) is 11.8. The molecular formula is C36H23NS. The van der Waals surface area contributed by atoms with Crippen molar-refractivity contribution in [1.29, 1.82) is 0 Å². The summed E-state index contributed by atoms with van der Waals surface area (Å²) in [6, 6.07) is 43.8. The number of hydrogen-bond donors (Lipinski definition) is 0. The smallest absolute Gasteiger partial charge is 0.0794 e. The molecule has 0 saturated carbocycles. The average Bonchev–Trinajstić information content (AvgIpc) is 3.37. The molecule has 0 fully saturated rings. The van der Waals surface area contributed by atoms with Crippen LogP contribution in [0.2, 0.25) is 0 Å². The summed E-state index contributed by atoms with van der Waals surface area (Å²) in [5.41, 5.74) is 7.04. The number of hydrogen-bond acceptors (Lipinski definition) is 2. The second-order valence-corrected chi connectivity index (χ2v) is 11.0. The monoisotopic (exact) mass is 501 g/mol. The van der Waals surface area contributed by atoms with Gasteiger partial charge in [-0.25, -0.2) is 4.98 Å². The van der Waals surface area contributed by atoms with Crippen LogP contribution in [-0.2, 0) is 0 Å². The second-order valence-electron chi connectivity index (χ2n) is 9.97. The molecular weight excluding hydrogens is 478 g/mol. The van der Waals surface area contributed by atoms with Crippen molar-refractivity contribution in [1.82, 2.24) is 4.98 Å². The summed E-state index contributed by atoms with van der Waals surface area (Å²) in [7, 11) is 0. The lowest BCUT2D eigenvalue weighted by Gasteiger charge is -2.13. The van der Waals surface area contributed by atoms with Crippen LogP contribution in [0.3, 0.4) is 0 Å². The van der Waals surface area contributed by atoms with Crippen LogP contribution in [0, 0.1) is 6.92 Å². The summed E-state index contributed by atoms with van der Waals surface area (Å²) in [5, 5.41) is 8.83. The Morgan fingerprint density at radius 3 is 1.71 bits per heavy atom. The fraction of sp³-hybridized carbons (Fsp3) is 0.0278. The summed E-state index contributed by atoms with van der Waals surface area (Å²) in [4.78, 5) is 5.35. The molecule has 2 heterocycles. The summed E-state index contributed by atoms with van der Waals surface area (Å²) in [6.07, 6.45) is 0. The summed E-state index contributed by atoms with van der Waals surface area (Å²) in [6.45, 7) is 2.21. The molecule has 0 aliphatic heterocycles. The predicted octanol–water partition coefficient (Wildman–Crippen LogP) is 10.6. The van der Waals surface area contributed by atoms with Crippen LogP contribution in [0.25, 0.3) is 75.0 Å². The molecule has 2 heteroatoms.